The Bertz CT molecular complexity index is 378. The largest absolute Gasteiger partial charge is 0.394 e. The summed E-state index contributed by atoms with van der Waals surface area (Å²) in [5.41, 5.74) is 0. The van der Waals surface area contributed by atoms with Gasteiger partial charge in [-0.05, 0) is 0 Å². The van der Waals surface area contributed by atoms with Crippen LogP contribution in [0.15, 0.2) is 0 Å². The molecule has 0 aromatic heterocycles. The zero-order valence-electron chi connectivity index (χ0n) is 12.0. The highest BCUT2D eigenvalue weighted by atomic mass is 16.7. The van der Waals surface area contributed by atoms with Gasteiger partial charge in [-0.15, -0.1) is 0 Å². The summed E-state index contributed by atoms with van der Waals surface area (Å²) >= 11 is 0. The first-order valence-electron chi connectivity index (χ1n) is 7.08. The third-order valence-electron chi connectivity index (χ3n) is 3.98. The molecule has 0 aromatic rings. The van der Waals surface area contributed by atoms with Crippen LogP contribution in [-0.4, -0.2) is 115 Å². The fourth-order valence-electron chi connectivity index (χ4n) is 2.57. The van der Waals surface area contributed by atoms with Gasteiger partial charge in [0.1, 0.15) is 48.8 Å². The molecule has 0 unspecified atom stereocenters. The highest BCUT2D eigenvalue weighted by Crippen LogP contribution is 2.28. The summed E-state index contributed by atoms with van der Waals surface area (Å²) in [6, 6.07) is 0. The van der Waals surface area contributed by atoms with E-state index in [9.17, 15) is 35.7 Å². The minimum atomic E-state index is -1.74. The van der Waals surface area contributed by atoms with Crippen LogP contribution in [0.1, 0.15) is 0 Å². The molecule has 8 N–H and O–H groups in total. The van der Waals surface area contributed by atoms with Crippen molar-refractivity contribution in [3.63, 3.8) is 0 Å². The van der Waals surface area contributed by atoms with E-state index in [2.05, 4.69) is 0 Å². The summed E-state index contributed by atoms with van der Waals surface area (Å²) in [4.78, 5) is 0. The Morgan fingerprint density at radius 2 is 1.26 bits per heavy atom. The van der Waals surface area contributed by atoms with Crippen molar-refractivity contribution >= 4 is 0 Å². The first kappa shape index (κ1) is 18.9. The second kappa shape index (κ2) is 7.63. The molecule has 0 aromatic carbocycles. The van der Waals surface area contributed by atoms with Gasteiger partial charge in [-0.3, -0.25) is 0 Å². The van der Waals surface area contributed by atoms with Gasteiger partial charge in [-0.1, -0.05) is 0 Å². The highest BCUT2D eigenvalue weighted by Gasteiger charge is 2.50. The van der Waals surface area contributed by atoms with E-state index in [4.69, 9.17) is 19.3 Å². The molecule has 0 bridgehead atoms. The Labute approximate surface area is 130 Å². The molecular formula is C12H22O11. The molecule has 0 saturated carbocycles. The Morgan fingerprint density at radius 1 is 0.652 bits per heavy atom. The number of hydrogen-bond donors (Lipinski definition) is 8. The summed E-state index contributed by atoms with van der Waals surface area (Å²) in [6.07, 6.45) is -15.6. The van der Waals surface area contributed by atoms with Gasteiger partial charge >= 0.3 is 0 Å². The summed E-state index contributed by atoms with van der Waals surface area (Å²) in [5, 5.41) is 76.5. The predicted octanol–water partition coefficient (Wildman–Crippen LogP) is -5.40. The number of rotatable bonds is 4. The fourth-order valence-corrected chi connectivity index (χ4v) is 2.57. The van der Waals surface area contributed by atoms with Crippen LogP contribution in [0.4, 0.5) is 0 Å². The van der Waals surface area contributed by atoms with Gasteiger partial charge < -0.3 is 55.1 Å². The van der Waals surface area contributed by atoms with Crippen molar-refractivity contribution in [3.05, 3.63) is 0 Å². The Balaban J connectivity index is 2.11. The van der Waals surface area contributed by atoms with Crippen LogP contribution in [0, 0.1) is 0 Å². The average molecular weight is 342 g/mol. The van der Waals surface area contributed by atoms with Crippen LogP contribution in [0.25, 0.3) is 0 Å². The van der Waals surface area contributed by atoms with Crippen LogP contribution >= 0.6 is 0 Å². The smallest absolute Gasteiger partial charge is 0.187 e. The van der Waals surface area contributed by atoms with E-state index >= 15 is 0 Å². The first-order valence-corrected chi connectivity index (χ1v) is 7.08. The zero-order chi connectivity index (χ0) is 17.3. The van der Waals surface area contributed by atoms with Crippen molar-refractivity contribution < 1.29 is 55.1 Å². The number of aliphatic hydroxyl groups excluding tert-OH is 8. The average Bonchev–Trinajstić information content (AvgIpc) is 2.55. The molecule has 23 heavy (non-hydrogen) atoms. The fraction of sp³-hybridized carbons (Fsp3) is 1.00. The van der Waals surface area contributed by atoms with E-state index in [0.29, 0.717) is 0 Å². The lowest BCUT2D eigenvalue weighted by Crippen LogP contribution is -2.64. The monoisotopic (exact) mass is 342 g/mol. The van der Waals surface area contributed by atoms with Crippen LogP contribution < -0.4 is 0 Å². The van der Waals surface area contributed by atoms with E-state index in [-0.39, 0.29) is 0 Å². The molecule has 2 rings (SSSR count). The van der Waals surface area contributed by atoms with E-state index < -0.39 is 74.6 Å². The molecule has 0 radical (unpaired) electrons. The Hall–Kier alpha value is -0.440. The van der Waals surface area contributed by atoms with E-state index in [1.165, 1.54) is 0 Å². The van der Waals surface area contributed by atoms with Crippen LogP contribution in [0.5, 0.6) is 0 Å². The van der Waals surface area contributed by atoms with Gasteiger partial charge in [0.25, 0.3) is 0 Å². The lowest BCUT2D eigenvalue weighted by atomic mass is 9.97. The van der Waals surface area contributed by atoms with Crippen LogP contribution in [0.3, 0.4) is 0 Å². The lowest BCUT2D eigenvalue weighted by Gasteiger charge is -2.45. The highest BCUT2D eigenvalue weighted by molar-refractivity contribution is 4.93. The lowest BCUT2D eigenvalue weighted by molar-refractivity contribution is -0.355. The molecule has 11 nitrogen and oxygen atoms in total. The molecule has 0 aliphatic carbocycles. The molecule has 2 aliphatic rings. The Kier molecular flexibility index (Phi) is 6.27. The molecule has 10 atom stereocenters. The van der Waals surface area contributed by atoms with Crippen molar-refractivity contribution in [3.8, 4) is 0 Å². The summed E-state index contributed by atoms with van der Waals surface area (Å²) < 4.78 is 15.3. The van der Waals surface area contributed by atoms with E-state index in [1.807, 2.05) is 0 Å². The van der Waals surface area contributed by atoms with Gasteiger partial charge in [0.15, 0.2) is 12.6 Å². The second-order valence-electron chi connectivity index (χ2n) is 5.53. The predicted molar refractivity (Wildman–Crippen MR) is 68.6 cm³/mol. The van der Waals surface area contributed by atoms with Crippen LogP contribution in [0.2, 0.25) is 0 Å². The summed E-state index contributed by atoms with van der Waals surface area (Å²) in [6.45, 7) is -1.35. The minimum absolute atomic E-state index is 0.667. The molecule has 2 aliphatic heterocycles. The summed E-state index contributed by atoms with van der Waals surface area (Å²) in [7, 11) is 0. The van der Waals surface area contributed by atoms with Crippen molar-refractivity contribution in [2.75, 3.05) is 13.2 Å². The number of aliphatic hydroxyl groups is 8. The van der Waals surface area contributed by atoms with Gasteiger partial charge in [0.05, 0.1) is 13.2 Å². The van der Waals surface area contributed by atoms with Gasteiger partial charge in [-0.2, -0.15) is 0 Å². The van der Waals surface area contributed by atoms with Crippen LogP contribution in [-0.2, 0) is 14.2 Å². The normalized spacial score (nSPS) is 51.7. The van der Waals surface area contributed by atoms with Gasteiger partial charge in [-0.25, -0.2) is 0 Å². The molecule has 11 heteroatoms. The molecule has 0 spiro atoms. The van der Waals surface area contributed by atoms with Crippen molar-refractivity contribution in [1.82, 2.24) is 0 Å². The third-order valence-corrected chi connectivity index (χ3v) is 3.98. The maximum Gasteiger partial charge on any atom is 0.187 e. The van der Waals surface area contributed by atoms with Crippen molar-refractivity contribution in [2.45, 2.75) is 61.4 Å². The first-order chi connectivity index (χ1) is 10.8. The van der Waals surface area contributed by atoms with E-state index in [1.54, 1.807) is 0 Å². The maximum absolute atomic E-state index is 9.94. The van der Waals surface area contributed by atoms with Crippen molar-refractivity contribution in [1.29, 1.82) is 0 Å². The zero-order valence-corrected chi connectivity index (χ0v) is 12.0. The quantitative estimate of drug-likeness (QED) is 0.243. The van der Waals surface area contributed by atoms with Crippen molar-refractivity contribution in [2.24, 2.45) is 0 Å². The van der Waals surface area contributed by atoms with Gasteiger partial charge in [0.2, 0.25) is 0 Å². The molecule has 2 saturated heterocycles. The maximum atomic E-state index is 9.94. The van der Waals surface area contributed by atoms with Gasteiger partial charge in [0, 0.05) is 0 Å². The SMILES string of the molecule is OC[C@H]1O[C@H](O[C@@H]2[C@H](O)[C@@H](O)[C@@H](O)O[C@@H]2CO)[C@@H](O)[C@@H](O)[C@@H]1O. The molecule has 136 valence electrons. The third kappa shape index (κ3) is 3.65. The standard InChI is InChI=1S/C12H22O11/c13-1-3-5(15)6(16)9(19)12(22-3)23-10-4(2-14)21-11(20)8(18)7(10)17/h3-20H,1-2H2/t3-,4-,5-,6+,7-,8-,9+,10+,11+,12-/m1/s1. The topological polar surface area (TPSA) is 190 Å². The molecule has 2 fully saturated rings. The van der Waals surface area contributed by atoms with E-state index in [0.717, 1.165) is 0 Å². The molecular weight excluding hydrogens is 320 g/mol. The Morgan fingerprint density at radius 3 is 1.83 bits per heavy atom. The second-order valence-corrected chi connectivity index (χ2v) is 5.53. The number of hydrogen-bond acceptors (Lipinski definition) is 11. The molecule has 2 heterocycles. The number of ether oxygens (including phenoxy) is 3. The summed E-state index contributed by atoms with van der Waals surface area (Å²) in [5.74, 6) is 0. The minimum Gasteiger partial charge on any atom is -0.394 e. The molecule has 0 amide bonds.